The summed E-state index contributed by atoms with van der Waals surface area (Å²) in [5.74, 6) is -3.15. The molecule has 30 heavy (non-hydrogen) atoms. The van der Waals surface area contributed by atoms with Crippen LogP contribution in [0.25, 0.3) is 0 Å². The van der Waals surface area contributed by atoms with Gasteiger partial charge in [0.05, 0.1) is 18.4 Å². The number of rotatable bonds is 11. The van der Waals surface area contributed by atoms with Crippen LogP contribution < -0.4 is 22.3 Å². The van der Waals surface area contributed by atoms with Crippen LogP contribution >= 0.6 is 11.3 Å². The number of anilines is 2. The van der Waals surface area contributed by atoms with Crippen molar-refractivity contribution in [2.45, 2.75) is 44.6 Å². The van der Waals surface area contributed by atoms with Gasteiger partial charge in [-0.2, -0.15) is 4.98 Å². The average Bonchev–Trinajstić information content (AvgIpc) is 3.06. The second-order valence-electron chi connectivity index (χ2n) is 6.62. The number of aryl methyl sites for hydroxylation is 1. The second kappa shape index (κ2) is 10.4. The van der Waals surface area contributed by atoms with E-state index in [4.69, 9.17) is 21.7 Å². The predicted molar refractivity (Wildman–Crippen MR) is 110 cm³/mol. The van der Waals surface area contributed by atoms with Crippen LogP contribution in [0, 0.1) is 0 Å². The highest BCUT2D eigenvalue weighted by molar-refractivity contribution is 7.12. The highest BCUT2D eigenvalue weighted by atomic mass is 32.1. The van der Waals surface area contributed by atoms with E-state index in [-0.39, 0.29) is 23.7 Å². The highest BCUT2D eigenvalue weighted by Crippen LogP contribution is 2.20. The molecule has 2 aromatic rings. The lowest BCUT2D eigenvalue weighted by Crippen LogP contribution is -2.42. The van der Waals surface area contributed by atoms with Gasteiger partial charge >= 0.3 is 11.9 Å². The molecule has 0 spiro atoms. The summed E-state index contributed by atoms with van der Waals surface area (Å²) in [6.07, 6.45) is 1.99. The zero-order chi connectivity index (χ0) is 22.3. The molecular formula is C18H23N5O6S. The Kier molecular flexibility index (Phi) is 7.92. The average molecular weight is 437 g/mol. The van der Waals surface area contributed by atoms with Crippen molar-refractivity contribution in [3.05, 3.63) is 37.8 Å². The fourth-order valence-corrected chi connectivity index (χ4v) is 3.86. The van der Waals surface area contributed by atoms with Gasteiger partial charge in [-0.15, -0.1) is 11.3 Å². The molecule has 1 amide bonds. The number of hydrogen-bond acceptors (Lipinski definition) is 8. The van der Waals surface area contributed by atoms with E-state index in [1.807, 2.05) is 6.07 Å². The molecule has 0 saturated heterocycles. The lowest BCUT2D eigenvalue weighted by atomic mass is 10.1. The van der Waals surface area contributed by atoms with Crippen molar-refractivity contribution in [2.24, 2.45) is 0 Å². The van der Waals surface area contributed by atoms with Crippen molar-refractivity contribution in [1.29, 1.82) is 0 Å². The quantitative estimate of drug-likeness (QED) is 0.264. The molecule has 0 aliphatic carbocycles. The number of carboxylic acids is 2. The van der Waals surface area contributed by atoms with Crippen molar-refractivity contribution in [3.8, 4) is 0 Å². The molecule has 12 heteroatoms. The molecule has 0 aliphatic rings. The molecule has 1 atom stereocenters. The molecule has 1 unspecified atom stereocenters. The van der Waals surface area contributed by atoms with E-state index < -0.39 is 30.3 Å². The number of carbonyl (C=O) groups excluding carboxylic acids is 1. The highest BCUT2D eigenvalue weighted by Gasteiger charge is 2.23. The number of carboxylic acid groups (broad SMARTS) is 2. The third-order valence-electron chi connectivity index (χ3n) is 4.23. The van der Waals surface area contributed by atoms with Crippen molar-refractivity contribution in [1.82, 2.24) is 15.3 Å². The Morgan fingerprint density at radius 3 is 2.43 bits per heavy atom. The number of aromatic amines is 1. The van der Waals surface area contributed by atoms with Gasteiger partial charge in [0, 0.05) is 9.75 Å². The van der Waals surface area contributed by atoms with E-state index in [9.17, 15) is 19.2 Å². The van der Waals surface area contributed by atoms with Gasteiger partial charge in [0.25, 0.3) is 5.56 Å². The summed E-state index contributed by atoms with van der Waals surface area (Å²) >= 11 is 1.42. The van der Waals surface area contributed by atoms with E-state index >= 15 is 0 Å². The summed E-state index contributed by atoms with van der Waals surface area (Å²) in [7, 11) is 0. The SMILES string of the molecule is Nc1nc(N)c(CCCCc2ccc(CC(=O)NC(CC(=O)O)C(=O)O)s2)c(=O)[nH]1. The third kappa shape index (κ3) is 6.88. The van der Waals surface area contributed by atoms with Gasteiger partial charge in [-0.05, 0) is 37.8 Å². The van der Waals surface area contributed by atoms with Crippen LogP contribution in [0.1, 0.15) is 34.6 Å². The minimum Gasteiger partial charge on any atom is -0.481 e. The van der Waals surface area contributed by atoms with Gasteiger partial charge in [0.1, 0.15) is 11.9 Å². The summed E-state index contributed by atoms with van der Waals surface area (Å²) in [6, 6.07) is 2.19. The number of aromatic nitrogens is 2. The molecule has 0 bridgehead atoms. The Balaban J connectivity index is 1.81. The monoisotopic (exact) mass is 437 g/mol. The maximum Gasteiger partial charge on any atom is 0.326 e. The fraction of sp³-hybridized carbons (Fsp3) is 0.389. The lowest BCUT2D eigenvalue weighted by Gasteiger charge is -2.11. The maximum absolute atomic E-state index is 12.0. The maximum atomic E-state index is 12.0. The molecular weight excluding hydrogens is 414 g/mol. The van der Waals surface area contributed by atoms with E-state index in [2.05, 4.69) is 15.3 Å². The van der Waals surface area contributed by atoms with Crippen LogP contribution in [-0.4, -0.2) is 44.1 Å². The predicted octanol–water partition coefficient (Wildman–Crippen LogP) is 0.148. The molecule has 8 N–H and O–H groups in total. The molecule has 0 aliphatic heterocycles. The van der Waals surface area contributed by atoms with E-state index in [1.54, 1.807) is 6.07 Å². The van der Waals surface area contributed by atoms with Crippen molar-refractivity contribution in [3.63, 3.8) is 0 Å². The van der Waals surface area contributed by atoms with Gasteiger partial charge < -0.3 is 27.0 Å². The van der Waals surface area contributed by atoms with Gasteiger partial charge in [-0.3, -0.25) is 19.4 Å². The van der Waals surface area contributed by atoms with Gasteiger partial charge in [0.2, 0.25) is 11.9 Å². The minimum atomic E-state index is -1.46. The third-order valence-corrected chi connectivity index (χ3v) is 5.37. The van der Waals surface area contributed by atoms with E-state index in [0.29, 0.717) is 18.4 Å². The fourth-order valence-electron chi connectivity index (χ4n) is 2.81. The molecule has 0 radical (unpaired) electrons. The van der Waals surface area contributed by atoms with Crippen molar-refractivity contribution < 1.29 is 24.6 Å². The summed E-state index contributed by atoms with van der Waals surface area (Å²) in [5.41, 5.74) is 11.2. The first-order chi connectivity index (χ1) is 14.2. The van der Waals surface area contributed by atoms with Crippen LogP contribution in [0.4, 0.5) is 11.8 Å². The number of nitrogen functional groups attached to an aromatic ring is 2. The normalized spacial score (nSPS) is 11.7. The topological polar surface area (TPSA) is 201 Å². The number of H-pyrrole nitrogens is 1. The summed E-state index contributed by atoms with van der Waals surface area (Å²) < 4.78 is 0. The van der Waals surface area contributed by atoms with Crippen LogP contribution in [0.5, 0.6) is 0 Å². The standard InChI is InChI=1S/C18H23N5O6S/c19-15-11(16(27)23-18(20)22-15)4-2-1-3-9-5-6-10(30-9)7-13(24)21-12(17(28)29)8-14(25)26/h5-6,12H,1-4,7-8H2,(H,21,24)(H,25,26)(H,28,29)(H5,19,20,22,23,27). The number of hydrogen-bond donors (Lipinski definition) is 6. The Morgan fingerprint density at radius 2 is 1.80 bits per heavy atom. The number of aliphatic carboxylic acids is 2. The van der Waals surface area contributed by atoms with E-state index in [1.165, 1.54) is 11.3 Å². The molecule has 2 rings (SSSR count). The molecule has 2 aromatic heterocycles. The largest absolute Gasteiger partial charge is 0.481 e. The van der Waals surface area contributed by atoms with Crippen LogP contribution in [0.15, 0.2) is 16.9 Å². The molecule has 11 nitrogen and oxygen atoms in total. The van der Waals surface area contributed by atoms with Gasteiger partial charge in [-0.1, -0.05) is 0 Å². The Bertz CT molecular complexity index is 986. The summed E-state index contributed by atoms with van der Waals surface area (Å²) in [4.78, 5) is 53.6. The molecule has 162 valence electrons. The molecule has 2 heterocycles. The molecule has 0 fully saturated rings. The number of thiophene rings is 1. The number of carbonyl (C=O) groups is 3. The first-order valence-electron chi connectivity index (χ1n) is 9.11. The number of nitrogens with zero attached hydrogens (tertiary/aromatic N) is 1. The minimum absolute atomic E-state index is 0.0194. The summed E-state index contributed by atoms with van der Waals surface area (Å²) in [5, 5.41) is 19.9. The van der Waals surface area contributed by atoms with Gasteiger partial charge in [-0.25, -0.2) is 4.79 Å². The zero-order valence-corrected chi connectivity index (χ0v) is 16.8. The van der Waals surface area contributed by atoms with Crippen molar-refractivity contribution >= 4 is 40.9 Å². The van der Waals surface area contributed by atoms with Gasteiger partial charge in [0.15, 0.2) is 0 Å². The Hall–Kier alpha value is -3.41. The number of amides is 1. The first-order valence-corrected chi connectivity index (χ1v) is 9.93. The van der Waals surface area contributed by atoms with Crippen LogP contribution in [-0.2, 0) is 33.6 Å². The van der Waals surface area contributed by atoms with Crippen molar-refractivity contribution in [2.75, 3.05) is 11.5 Å². The zero-order valence-electron chi connectivity index (χ0n) is 16.0. The first kappa shape index (κ1) is 22.9. The Labute approximate surface area is 175 Å². The Morgan fingerprint density at radius 1 is 1.13 bits per heavy atom. The number of nitrogens with two attached hydrogens (primary N) is 2. The lowest BCUT2D eigenvalue weighted by molar-refractivity contribution is -0.147. The number of nitrogens with one attached hydrogen (secondary N) is 2. The van der Waals surface area contributed by atoms with E-state index in [0.717, 1.165) is 22.6 Å². The molecule has 0 aromatic carbocycles. The number of unbranched alkanes of at least 4 members (excludes halogenated alkanes) is 1. The molecule has 0 saturated carbocycles. The smallest absolute Gasteiger partial charge is 0.326 e. The summed E-state index contributed by atoms with van der Waals surface area (Å²) in [6.45, 7) is 0. The second-order valence-corrected chi connectivity index (χ2v) is 7.88. The van der Waals surface area contributed by atoms with Crippen LogP contribution in [0.2, 0.25) is 0 Å². The van der Waals surface area contributed by atoms with Crippen LogP contribution in [0.3, 0.4) is 0 Å².